The number of hydrogen-bond donors (Lipinski definition) is 2. The maximum absolute atomic E-state index is 11.2. The summed E-state index contributed by atoms with van der Waals surface area (Å²) in [6.07, 6.45) is 0.955. The van der Waals surface area contributed by atoms with Gasteiger partial charge in [-0.15, -0.1) is 0 Å². The third-order valence-corrected chi connectivity index (χ3v) is 2.55. The van der Waals surface area contributed by atoms with Crippen LogP contribution in [0, 0.1) is 3.57 Å². The van der Waals surface area contributed by atoms with E-state index in [1.54, 1.807) is 0 Å². The van der Waals surface area contributed by atoms with E-state index >= 15 is 0 Å². The average molecular weight is 318 g/mol. The molecule has 0 unspecified atom stereocenters. The SMILES string of the molecule is CCCNC(=O)NCc1cccc(I)c1. The van der Waals surface area contributed by atoms with Crippen molar-refractivity contribution in [2.45, 2.75) is 19.9 Å². The van der Waals surface area contributed by atoms with Crippen LogP contribution in [-0.2, 0) is 6.54 Å². The highest BCUT2D eigenvalue weighted by Gasteiger charge is 1.98. The molecule has 0 fully saturated rings. The number of hydrogen-bond acceptors (Lipinski definition) is 1. The van der Waals surface area contributed by atoms with E-state index in [0.29, 0.717) is 6.54 Å². The molecule has 15 heavy (non-hydrogen) atoms. The number of urea groups is 1. The molecule has 0 spiro atoms. The number of carbonyl (C=O) groups excluding carboxylic acids is 1. The molecule has 2 amide bonds. The Morgan fingerprint density at radius 2 is 2.20 bits per heavy atom. The van der Waals surface area contributed by atoms with Gasteiger partial charge in [0.05, 0.1) is 0 Å². The molecule has 0 aliphatic carbocycles. The quantitative estimate of drug-likeness (QED) is 0.823. The first kappa shape index (κ1) is 12.3. The highest BCUT2D eigenvalue weighted by Crippen LogP contribution is 2.07. The number of nitrogens with one attached hydrogen (secondary N) is 2. The number of rotatable bonds is 4. The topological polar surface area (TPSA) is 41.1 Å². The third-order valence-electron chi connectivity index (χ3n) is 1.88. The van der Waals surface area contributed by atoms with Crippen molar-refractivity contribution < 1.29 is 4.79 Å². The van der Waals surface area contributed by atoms with Crippen LogP contribution in [0.5, 0.6) is 0 Å². The molecule has 0 aliphatic heterocycles. The van der Waals surface area contributed by atoms with Crippen molar-refractivity contribution in [1.82, 2.24) is 10.6 Å². The number of carbonyl (C=O) groups is 1. The zero-order valence-corrected chi connectivity index (χ0v) is 10.9. The van der Waals surface area contributed by atoms with E-state index in [1.165, 1.54) is 3.57 Å². The van der Waals surface area contributed by atoms with Crippen LogP contribution < -0.4 is 10.6 Å². The molecule has 4 heteroatoms. The lowest BCUT2D eigenvalue weighted by Gasteiger charge is -2.06. The minimum absolute atomic E-state index is 0.101. The second kappa shape index (κ2) is 6.66. The summed E-state index contributed by atoms with van der Waals surface area (Å²) >= 11 is 2.26. The number of halogens is 1. The van der Waals surface area contributed by atoms with Gasteiger partial charge in [-0.2, -0.15) is 0 Å². The summed E-state index contributed by atoms with van der Waals surface area (Å²) < 4.78 is 1.18. The van der Waals surface area contributed by atoms with E-state index in [1.807, 2.05) is 25.1 Å². The van der Waals surface area contributed by atoms with E-state index in [-0.39, 0.29) is 6.03 Å². The standard InChI is InChI=1S/C11H15IN2O/c1-2-6-13-11(15)14-8-9-4-3-5-10(12)7-9/h3-5,7H,2,6,8H2,1H3,(H2,13,14,15). The van der Waals surface area contributed by atoms with Gasteiger partial charge in [-0.3, -0.25) is 0 Å². The molecule has 1 aromatic carbocycles. The first-order chi connectivity index (χ1) is 7.22. The van der Waals surface area contributed by atoms with Crippen LogP contribution in [-0.4, -0.2) is 12.6 Å². The maximum Gasteiger partial charge on any atom is 0.315 e. The first-order valence-corrected chi connectivity index (χ1v) is 6.06. The highest BCUT2D eigenvalue weighted by atomic mass is 127. The predicted octanol–water partition coefficient (Wildman–Crippen LogP) is 2.50. The molecule has 82 valence electrons. The van der Waals surface area contributed by atoms with E-state index in [2.05, 4.69) is 39.3 Å². The molecule has 0 saturated heterocycles. The lowest BCUT2D eigenvalue weighted by atomic mass is 10.2. The Labute approximate surface area is 104 Å². The second-order valence-corrected chi connectivity index (χ2v) is 4.49. The molecule has 0 aromatic heterocycles. The molecule has 1 aromatic rings. The monoisotopic (exact) mass is 318 g/mol. The van der Waals surface area contributed by atoms with Crippen molar-refractivity contribution in [3.63, 3.8) is 0 Å². The molecule has 0 aliphatic rings. The van der Waals surface area contributed by atoms with Gasteiger partial charge < -0.3 is 10.6 Å². The first-order valence-electron chi connectivity index (χ1n) is 4.98. The molecule has 2 N–H and O–H groups in total. The molecular weight excluding hydrogens is 303 g/mol. The third kappa shape index (κ3) is 5.01. The highest BCUT2D eigenvalue weighted by molar-refractivity contribution is 14.1. The minimum Gasteiger partial charge on any atom is -0.338 e. The van der Waals surface area contributed by atoms with Crippen molar-refractivity contribution in [1.29, 1.82) is 0 Å². The van der Waals surface area contributed by atoms with Gasteiger partial charge in [-0.05, 0) is 46.7 Å². The summed E-state index contributed by atoms with van der Waals surface area (Å²) in [5.74, 6) is 0. The molecule has 0 atom stereocenters. The summed E-state index contributed by atoms with van der Waals surface area (Å²) in [5, 5.41) is 5.57. The molecular formula is C11H15IN2O. The van der Waals surface area contributed by atoms with Gasteiger partial charge in [-0.25, -0.2) is 4.79 Å². The van der Waals surface area contributed by atoms with Gasteiger partial charge in [0.1, 0.15) is 0 Å². The summed E-state index contributed by atoms with van der Waals surface area (Å²) in [6, 6.07) is 7.98. The van der Waals surface area contributed by atoms with Gasteiger partial charge in [0.15, 0.2) is 0 Å². The second-order valence-electron chi connectivity index (χ2n) is 3.24. The van der Waals surface area contributed by atoms with Crippen molar-refractivity contribution >= 4 is 28.6 Å². The van der Waals surface area contributed by atoms with Crippen LogP contribution >= 0.6 is 22.6 Å². The summed E-state index contributed by atoms with van der Waals surface area (Å²) in [5.41, 5.74) is 1.12. The molecule has 1 rings (SSSR count). The van der Waals surface area contributed by atoms with Gasteiger partial charge >= 0.3 is 6.03 Å². The Balaban J connectivity index is 2.33. The number of benzene rings is 1. The molecule has 0 heterocycles. The van der Waals surface area contributed by atoms with Crippen LogP contribution in [0.3, 0.4) is 0 Å². The summed E-state index contributed by atoms with van der Waals surface area (Å²) in [4.78, 5) is 11.2. The Kier molecular flexibility index (Phi) is 5.45. The normalized spacial score (nSPS) is 9.73. The predicted molar refractivity (Wildman–Crippen MR) is 69.7 cm³/mol. The Bertz CT molecular complexity index is 328. The van der Waals surface area contributed by atoms with Crippen LogP contribution in [0.4, 0.5) is 4.79 Å². The molecule has 0 bridgehead atoms. The van der Waals surface area contributed by atoms with Crippen LogP contribution in [0.25, 0.3) is 0 Å². The lowest BCUT2D eigenvalue weighted by molar-refractivity contribution is 0.240. The fourth-order valence-electron chi connectivity index (χ4n) is 1.13. The summed E-state index contributed by atoms with van der Waals surface area (Å²) in [6.45, 7) is 3.32. The van der Waals surface area contributed by atoms with Crippen molar-refractivity contribution in [2.75, 3.05) is 6.54 Å². The van der Waals surface area contributed by atoms with E-state index in [4.69, 9.17) is 0 Å². The Morgan fingerprint density at radius 1 is 1.40 bits per heavy atom. The average Bonchev–Trinajstić information content (AvgIpc) is 2.23. The molecule has 3 nitrogen and oxygen atoms in total. The zero-order valence-electron chi connectivity index (χ0n) is 8.72. The van der Waals surface area contributed by atoms with Gasteiger partial charge in [0, 0.05) is 16.7 Å². The smallest absolute Gasteiger partial charge is 0.315 e. The van der Waals surface area contributed by atoms with E-state index in [9.17, 15) is 4.79 Å². The largest absolute Gasteiger partial charge is 0.338 e. The van der Waals surface area contributed by atoms with E-state index < -0.39 is 0 Å². The van der Waals surface area contributed by atoms with Gasteiger partial charge in [0.25, 0.3) is 0 Å². The minimum atomic E-state index is -0.101. The maximum atomic E-state index is 11.2. The number of amides is 2. The van der Waals surface area contributed by atoms with Gasteiger partial charge in [-0.1, -0.05) is 19.1 Å². The van der Waals surface area contributed by atoms with Crippen LogP contribution in [0.2, 0.25) is 0 Å². The molecule has 0 saturated carbocycles. The summed E-state index contributed by atoms with van der Waals surface area (Å²) in [7, 11) is 0. The van der Waals surface area contributed by atoms with E-state index in [0.717, 1.165) is 18.5 Å². The zero-order chi connectivity index (χ0) is 11.1. The van der Waals surface area contributed by atoms with Crippen LogP contribution in [0.1, 0.15) is 18.9 Å². The van der Waals surface area contributed by atoms with Crippen molar-refractivity contribution in [2.24, 2.45) is 0 Å². The van der Waals surface area contributed by atoms with Crippen molar-refractivity contribution in [3.8, 4) is 0 Å². The Morgan fingerprint density at radius 3 is 2.87 bits per heavy atom. The fourth-order valence-corrected chi connectivity index (χ4v) is 1.74. The van der Waals surface area contributed by atoms with Crippen molar-refractivity contribution in [3.05, 3.63) is 33.4 Å². The Hall–Kier alpha value is -0.780. The molecule has 0 radical (unpaired) electrons. The van der Waals surface area contributed by atoms with Gasteiger partial charge in [0.2, 0.25) is 0 Å². The fraction of sp³-hybridized carbons (Fsp3) is 0.364. The van der Waals surface area contributed by atoms with Crippen LogP contribution in [0.15, 0.2) is 24.3 Å². The lowest BCUT2D eigenvalue weighted by Crippen LogP contribution is -2.35.